The second kappa shape index (κ2) is 2.76. The van der Waals surface area contributed by atoms with Crippen molar-refractivity contribution in [3.05, 3.63) is 12.4 Å². The highest BCUT2D eigenvalue weighted by Gasteiger charge is 2.23. The van der Waals surface area contributed by atoms with Gasteiger partial charge in [-0.1, -0.05) is 6.58 Å². The molecule has 0 aromatic carbocycles. The number of rotatable bonds is 0. The Balaban J connectivity index is 2.62. The summed E-state index contributed by atoms with van der Waals surface area (Å²) in [5.74, 6) is 1.07. The van der Waals surface area contributed by atoms with Crippen molar-refractivity contribution < 1.29 is 0 Å². The molecule has 1 fully saturated rings. The van der Waals surface area contributed by atoms with E-state index in [1.165, 1.54) is 6.42 Å². The third kappa shape index (κ3) is 1.88. The molecule has 0 saturated carbocycles. The van der Waals surface area contributed by atoms with E-state index in [1.54, 1.807) is 0 Å². The topological polar surface area (TPSA) is 15.3 Å². The maximum absolute atomic E-state index is 3.98. The van der Waals surface area contributed by atoms with Gasteiger partial charge in [0, 0.05) is 18.6 Å². The Morgan fingerprint density at radius 3 is 2.45 bits per heavy atom. The molecule has 0 atom stereocenters. The Morgan fingerprint density at radius 1 is 1.45 bits per heavy atom. The molecule has 1 heterocycles. The highest BCUT2D eigenvalue weighted by molar-refractivity contribution is 4.99. The summed E-state index contributed by atoms with van der Waals surface area (Å²) < 4.78 is 0. The van der Waals surface area contributed by atoms with E-state index in [-0.39, 0.29) is 5.54 Å². The molecule has 1 aliphatic rings. The molecule has 1 aliphatic heterocycles. The molecule has 0 amide bonds. The Morgan fingerprint density at radius 2 is 2.09 bits per heavy atom. The average molecular weight is 154 g/mol. The van der Waals surface area contributed by atoms with E-state index < -0.39 is 0 Å². The van der Waals surface area contributed by atoms with Crippen LogP contribution in [-0.2, 0) is 0 Å². The molecule has 0 aromatic heterocycles. The standard InChI is InChI=1S/C9H18N2/c1-8-10-6-5-7-11(8)9(2,3)4/h10H,1,5-7H2,2-4H3. The van der Waals surface area contributed by atoms with E-state index >= 15 is 0 Å². The molecule has 0 unspecified atom stereocenters. The highest BCUT2D eigenvalue weighted by Crippen LogP contribution is 2.19. The second-order valence-corrected chi connectivity index (χ2v) is 4.05. The fourth-order valence-corrected chi connectivity index (χ4v) is 1.44. The zero-order valence-corrected chi connectivity index (χ0v) is 7.78. The van der Waals surface area contributed by atoms with Crippen molar-refractivity contribution in [1.29, 1.82) is 0 Å². The van der Waals surface area contributed by atoms with E-state index in [1.807, 2.05) is 0 Å². The predicted octanol–water partition coefficient (Wildman–Crippen LogP) is 1.55. The average Bonchev–Trinajstić information content (AvgIpc) is 1.86. The minimum absolute atomic E-state index is 0.213. The van der Waals surface area contributed by atoms with Crippen molar-refractivity contribution in [3.8, 4) is 0 Å². The minimum Gasteiger partial charge on any atom is -0.372 e. The summed E-state index contributed by atoms with van der Waals surface area (Å²) in [6, 6.07) is 0. The summed E-state index contributed by atoms with van der Waals surface area (Å²) in [6.07, 6.45) is 1.22. The largest absolute Gasteiger partial charge is 0.372 e. The first-order valence-electron chi connectivity index (χ1n) is 4.22. The maximum atomic E-state index is 3.98. The number of nitrogens with zero attached hydrogens (tertiary/aromatic N) is 1. The van der Waals surface area contributed by atoms with Crippen LogP contribution in [0.5, 0.6) is 0 Å². The van der Waals surface area contributed by atoms with Gasteiger partial charge in [0.25, 0.3) is 0 Å². The van der Waals surface area contributed by atoms with Gasteiger partial charge in [-0.15, -0.1) is 0 Å². The lowest BCUT2D eigenvalue weighted by molar-refractivity contribution is 0.152. The van der Waals surface area contributed by atoms with Gasteiger partial charge in [0.05, 0.1) is 5.82 Å². The van der Waals surface area contributed by atoms with E-state index in [9.17, 15) is 0 Å². The van der Waals surface area contributed by atoms with Crippen LogP contribution in [0.1, 0.15) is 27.2 Å². The van der Waals surface area contributed by atoms with Crippen molar-refractivity contribution in [2.24, 2.45) is 0 Å². The van der Waals surface area contributed by atoms with E-state index in [4.69, 9.17) is 0 Å². The van der Waals surface area contributed by atoms with Gasteiger partial charge in [-0.3, -0.25) is 0 Å². The van der Waals surface area contributed by atoms with E-state index in [0.717, 1.165) is 18.9 Å². The van der Waals surface area contributed by atoms with Crippen LogP contribution in [0.25, 0.3) is 0 Å². The van der Waals surface area contributed by atoms with Crippen LogP contribution in [0.3, 0.4) is 0 Å². The summed E-state index contributed by atoms with van der Waals surface area (Å²) in [5, 5.41) is 3.27. The summed E-state index contributed by atoms with van der Waals surface area (Å²) in [7, 11) is 0. The van der Waals surface area contributed by atoms with Gasteiger partial charge in [0.2, 0.25) is 0 Å². The first-order valence-corrected chi connectivity index (χ1v) is 4.22. The highest BCUT2D eigenvalue weighted by atomic mass is 15.3. The minimum atomic E-state index is 0.213. The Bertz CT molecular complexity index is 155. The number of hydrogen-bond acceptors (Lipinski definition) is 2. The molecular weight excluding hydrogens is 136 g/mol. The lowest BCUT2D eigenvalue weighted by atomic mass is 10.0. The van der Waals surface area contributed by atoms with Gasteiger partial charge in [-0.2, -0.15) is 0 Å². The van der Waals surface area contributed by atoms with Gasteiger partial charge in [0.1, 0.15) is 0 Å². The molecule has 0 bridgehead atoms. The van der Waals surface area contributed by atoms with Crippen molar-refractivity contribution in [2.75, 3.05) is 13.1 Å². The third-order valence-electron chi connectivity index (χ3n) is 2.02. The molecule has 0 spiro atoms. The van der Waals surface area contributed by atoms with E-state index in [2.05, 4.69) is 37.6 Å². The molecule has 2 nitrogen and oxygen atoms in total. The normalized spacial score (nSPS) is 19.9. The van der Waals surface area contributed by atoms with Crippen molar-refractivity contribution in [3.63, 3.8) is 0 Å². The third-order valence-corrected chi connectivity index (χ3v) is 2.02. The first kappa shape index (κ1) is 8.44. The van der Waals surface area contributed by atoms with Crippen LogP contribution in [0, 0.1) is 0 Å². The molecule has 2 heteroatoms. The maximum Gasteiger partial charge on any atom is 0.0943 e. The lowest BCUT2D eigenvalue weighted by Gasteiger charge is -2.42. The number of hydrogen-bond donors (Lipinski definition) is 1. The predicted molar refractivity (Wildman–Crippen MR) is 48.2 cm³/mol. The first-order chi connectivity index (χ1) is 5.02. The number of nitrogens with one attached hydrogen (secondary N) is 1. The molecule has 0 aromatic rings. The van der Waals surface area contributed by atoms with Crippen LogP contribution in [0.15, 0.2) is 12.4 Å². The Hall–Kier alpha value is -0.660. The molecule has 11 heavy (non-hydrogen) atoms. The lowest BCUT2D eigenvalue weighted by Crippen LogP contribution is -2.48. The monoisotopic (exact) mass is 154 g/mol. The van der Waals surface area contributed by atoms with Gasteiger partial charge in [-0.05, 0) is 27.2 Å². The van der Waals surface area contributed by atoms with Crippen molar-refractivity contribution in [2.45, 2.75) is 32.7 Å². The summed E-state index contributed by atoms with van der Waals surface area (Å²) in [6.45, 7) is 12.8. The van der Waals surface area contributed by atoms with Crippen LogP contribution >= 0.6 is 0 Å². The smallest absolute Gasteiger partial charge is 0.0943 e. The van der Waals surface area contributed by atoms with E-state index in [0.29, 0.717) is 0 Å². The van der Waals surface area contributed by atoms with Crippen molar-refractivity contribution in [1.82, 2.24) is 10.2 Å². The quantitative estimate of drug-likeness (QED) is 0.569. The van der Waals surface area contributed by atoms with Crippen LogP contribution in [0.2, 0.25) is 0 Å². The second-order valence-electron chi connectivity index (χ2n) is 4.05. The Kier molecular flexibility index (Phi) is 2.12. The van der Waals surface area contributed by atoms with Gasteiger partial charge < -0.3 is 10.2 Å². The summed E-state index contributed by atoms with van der Waals surface area (Å²) >= 11 is 0. The van der Waals surface area contributed by atoms with Gasteiger partial charge >= 0.3 is 0 Å². The zero-order valence-electron chi connectivity index (χ0n) is 7.78. The molecule has 1 rings (SSSR count). The molecular formula is C9H18N2. The Labute approximate surface area is 69.3 Å². The van der Waals surface area contributed by atoms with Crippen LogP contribution < -0.4 is 5.32 Å². The fraction of sp³-hybridized carbons (Fsp3) is 0.778. The summed E-state index contributed by atoms with van der Waals surface area (Å²) in [5.41, 5.74) is 0.213. The molecule has 1 N–H and O–H groups in total. The molecule has 0 aliphatic carbocycles. The molecule has 0 radical (unpaired) electrons. The fourth-order valence-electron chi connectivity index (χ4n) is 1.44. The zero-order chi connectivity index (χ0) is 8.48. The SMILES string of the molecule is C=C1NCCCN1C(C)(C)C. The van der Waals surface area contributed by atoms with Crippen LogP contribution in [-0.4, -0.2) is 23.5 Å². The van der Waals surface area contributed by atoms with Crippen molar-refractivity contribution >= 4 is 0 Å². The van der Waals surface area contributed by atoms with Gasteiger partial charge in [0.15, 0.2) is 0 Å². The molecule has 64 valence electrons. The van der Waals surface area contributed by atoms with Crippen LogP contribution in [0.4, 0.5) is 0 Å². The summed E-state index contributed by atoms with van der Waals surface area (Å²) in [4.78, 5) is 2.32. The van der Waals surface area contributed by atoms with Gasteiger partial charge in [-0.25, -0.2) is 0 Å². The molecule has 1 saturated heterocycles.